The van der Waals surface area contributed by atoms with Crippen LogP contribution in [0.4, 0.5) is 5.95 Å². The van der Waals surface area contributed by atoms with Gasteiger partial charge in [0, 0.05) is 12.1 Å². The van der Waals surface area contributed by atoms with E-state index in [0.717, 1.165) is 12.5 Å². The maximum absolute atomic E-state index is 4.23. The molecule has 0 radical (unpaired) electrons. The predicted octanol–water partition coefficient (Wildman–Crippen LogP) is 1.33. The van der Waals surface area contributed by atoms with E-state index in [1.54, 1.807) is 6.33 Å². The van der Waals surface area contributed by atoms with Crippen LogP contribution < -0.4 is 4.90 Å². The second kappa shape index (κ2) is 2.47. The fourth-order valence-corrected chi connectivity index (χ4v) is 2.42. The van der Waals surface area contributed by atoms with Gasteiger partial charge in [-0.25, -0.2) is 5.10 Å². The number of rotatable bonds is 1. The first kappa shape index (κ1) is 7.35. The van der Waals surface area contributed by atoms with Gasteiger partial charge < -0.3 is 4.90 Å². The van der Waals surface area contributed by atoms with E-state index in [0.29, 0.717) is 5.54 Å². The molecule has 0 aromatic carbocycles. The first-order valence-corrected chi connectivity index (χ1v) is 5.04. The summed E-state index contributed by atoms with van der Waals surface area (Å²) in [4.78, 5) is 6.65. The van der Waals surface area contributed by atoms with Gasteiger partial charge >= 0.3 is 0 Å². The van der Waals surface area contributed by atoms with E-state index in [1.807, 2.05) is 0 Å². The summed E-state index contributed by atoms with van der Waals surface area (Å²) in [6.07, 6.45) is 8.29. The number of aromatic nitrogens is 3. The normalized spacial score (nSPS) is 25.1. The minimum absolute atomic E-state index is 0.470. The first-order chi connectivity index (χ1) is 6.41. The number of piperidine rings is 1. The highest BCUT2D eigenvalue weighted by Gasteiger charge is 2.49. The molecule has 1 aliphatic carbocycles. The van der Waals surface area contributed by atoms with Crippen molar-refractivity contribution in [3.8, 4) is 0 Å². The van der Waals surface area contributed by atoms with Crippen molar-refractivity contribution in [3.63, 3.8) is 0 Å². The smallest absolute Gasteiger partial charge is 0.221 e. The van der Waals surface area contributed by atoms with E-state index >= 15 is 0 Å². The number of hydrogen-bond donors (Lipinski definition) is 1. The third kappa shape index (κ3) is 1.04. The van der Waals surface area contributed by atoms with Gasteiger partial charge in [-0.15, -0.1) is 0 Å². The van der Waals surface area contributed by atoms with Gasteiger partial charge in [-0.2, -0.15) is 10.1 Å². The lowest BCUT2D eigenvalue weighted by Crippen LogP contribution is -2.42. The van der Waals surface area contributed by atoms with Crippen molar-refractivity contribution < 1.29 is 0 Å². The molecule has 1 aromatic heterocycles. The largest absolute Gasteiger partial charge is 0.336 e. The highest BCUT2D eigenvalue weighted by atomic mass is 15.4. The number of H-pyrrole nitrogens is 1. The number of nitrogens with one attached hydrogen (secondary N) is 1. The van der Waals surface area contributed by atoms with E-state index in [9.17, 15) is 0 Å². The van der Waals surface area contributed by atoms with Crippen LogP contribution in [0.15, 0.2) is 6.33 Å². The molecule has 2 heterocycles. The Morgan fingerprint density at radius 3 is 2.92 bits per heavy atom. The number of aromatic amines is 1. The molecule has 0 amide bonds. The molecule has 0 unspecified atom stereocenters. The van der Waals surface area contributed by atoms with Crippen molar-refractivity contribution in [1.29, 1.82) is 0 Å². The predicted molar refractivity (Wildman–Crippen MR) is 49.5 cm³/mol. The van der Waals surface area contributed by atoms with Crippen molar-refractivity contribution in [2.24, 2.45) is 0 Å². The van der Waals surface area contributed by atoms with Gasteiger partial charge in [0.25, 0.3) is 0 Å². The van der Waals surface area contributed by atoms with E-state index in [4.69, 9.17) is 0 Å². The van der Waals surface area contributed by atoms with Gasteiger partial charge in [0.2, 0.25) is 5.95 Å². The van der Waals surface area contributed by atoms with E-state index < -0.39 is 0 Å². The minimum Gasteiger partial charge on any atom is -0.336 e. The summed E-state index contributed by atoms with van der Waals surface area (Å²) in [5.74, 6) is 0.970. The summed E-state index contributed by atoms with van der Waals surface area (Å²) in [7, 11) is 0. The second-order valence-corrected chi connectivity index (χ2v) is 4.14. The average molecular weight is 178 g/mol. The van der Waals surface area contributed by atoms with Crippen LogP contribution in [0, 0.1) is 0 Å². The third-order valence-corrected chi connectivity index (χ3v) is 3.33. The molecule has 1 saturated carbocycles. The van der Waals surface area contributed by atoms with Gasteiger partial charge in [0.15, 0.2) is 0 Å². The van der Waals surface area contributed by atoms with Gasteiger partial charge in [0.1, 0.15) is 6.33 Å². The van der Waals surface area contributed by atoms with Gasteiger partial charge in [-0.1, -0.05) is 0 Å². The average Bonchev–Trinajstić information content (AvgIpc) is 2.73. The molecule has 1 saturated heterocycles. The molecular weight excluding hydrogens is 164 g/mol. The molecular formula is C9H14N4. The Labute approximate surface area is 77.4 Å². The molecule has 1 aliphatic heterocycles. The molecule has 2 fully saturated rings. The minimum atomic E-state index is 0.470. The summed E-state index contributed by atoms with van der Waals surface area (Å²) in [5.41, 5.74) is 0.470. The molecule has 4 heteroatoms. The number of nitrogens with zero attached hydrogens (tertiary/aromatic N) is 3. The first-order valence-electron chi connectivity index (χ1n) is 5.04. The van der Waals surface area contributed by atoms with Gasteiger partial charge in [-0.05, 0) is 32.1 Å². The molecule has 4 nitrogen and oxygen atoms in total. The van der Waals surface area contributed by atoms with Crippen molar-refractivity contribution in [2.75, 3.05) is 11.4 Å². The van der Waals surface area contributed by atoms with Gasteiger partial charge in [-0.3, -0.25) is 0 Å². The van der Waals surface area contributed by atoms with E-state index in [2.05, 4.69) is 20.1 Å². The lowest BCUT2D eigenvalue weighted by Gasteiger charge is -2.35. The number of hydrogen-bond acceptors (Lipinski definition) is 3. The molecule has 2 aliphatic rings. The Hall–Kier alpha value is -1.06. The van der Waals surface area contributed by atoms with Crippen LogP contribution >= 0.6 is 0 Å². The van der Waals surface area contributed by atoms with Crippen molar-refractivity contribution in [2.45, 2.75) is 37.6 Å². The van der Waals surface area contributed by atoms with Crippen LogP contribution in [-0.2, 0) is 0 Å². The fraction of sp³-hybridized carbons (Fsp3) is 0.778. The highest BCUT2D eigenvalue weighted by Crippen LogP contribution is 2.49. The summed E-state index contributed by atoms with van der Waals surface area (Å²) >= 11 is 0. The summed E-state index contributed by atoms with van der Waals surface area (Å²) in [6, 6.07) is 0. The zero-order valence-electron chi connectivity index (χ0n) is 7.66. The Balaban J connectivity index is 1.89. The Kier molecular flexibility index (Phi) is 1.39. The molecule has 0 atom stereocenters. The van der Waals surface area contributed by atoms with E-state index in [-0.39, 0.29) is 0 Å². The van der Waals surface area contributed by atoms with Crippen LogP contribution in [-0.4, -0.2) is 27.3 Å². The summed E-state index contributed by atoms with van der Waals surface area (Å²) in [6.45, 7) is 1.15. The molecule has 70 valence electrons. The summed E-state index contributed by atoms with van der Waals surface area (Å²) in [5, 5.41) is 6.88. The lowest BCUT2D eigenvalue weighted by molar-refractivity contribution is 0.439. The number of anilines is 1. The van der Waals surface area contributed by atoms with Crippen LogP contribution in [0.2, 0.25) is 0 Å². The summed E-state index contributed by atoms with van der Waals surface area (Å²) < 4.78 is 0. The quantitative estimate of drug-likeness (QED) is 0.705. The van der Waals surface area contributed by atoms with Crippen LogP contribution in [0.5, 0.6) is 0 Å². The van der Waals surface area contributed by atoms with Crippen molar-refractivity contribution in [3.05, 3.63) is 6.33 Å². The Bertz CT molecular complexity index is 289. The SMILES string of the molecule is c1n[nH]c(N2CCCCC23CC3)n1. The standard InChI is InChI=1S/C9H14N4/c1-2-6-13(8-10-7-11-12-8)9(3-1)4-5-9/h7H,1-6H2,(H,10,11,12). The fourth-order valence-electron chi connectivity index (χ4n) is 2.42. The molecule has 1 N–H and O–H groups in total. The van der Waals surface area contributed by atoms with Crippen LogP contribution in [0.25, 0.3) is 0 Å². The van der Waals surface area contributed by atoms with Gasteiger partial charge in [0.05, 0.1) is 0 Å². The molecule has 3 rings (SSSR count). The topological polar surface area (TPSA) is 44.8 Å². The Morgan fingerprint density at radius 1 is 1.31 bits per heavy atom. The lowest BCUT2D eigenvalue weighted by atomic mass is 10.0. The molecule has 1 spiro atoms. The van der Waals surface area contributed by atoms with Crippen molar-refractivity contribution in [1.82, 2.24) is 15.2 Å². The monoisotopic (exact) mass is 178 g/mol. The maximum atomic E-state index is 4.23. The third-order valence-electron chi connectivity index (χ3n) is 3.33. The van der Waals surface area contributed by atoms with E-state index in [1.165, 1.54) is 32.1 Å². The molecule has 0 bridgehead atoms. The molecule has 13 heavy (non-hydrogen) atoms. The van der Waals surface area contributed by atoms with Crippen molar-refractivity contribution >= 4 is 5.95 Å². The zero-order valence-corrected chi connectivity index (χ0v) is 7.66. The molecule has 1 aromatic rings. The second-order valence-electron chi connectivity index (χ2n) is 4.14. The van der Waals surface area contributed by atoms with Crippen LogP contribution in [0.3, 0.4) is 0 Å². The maximum Gasteiger partial charge on any atom is 0.221 e. The zero-order chi connectivity index (χ0) is 8.73. The van der Waals surface area contributed by atoms with Crippen LogP contribution in [0.1, 0.15) is 32.1 Å². The highest BCUT2D eigenvalue weighted by molar-refractivity contribution is 5.38. The Morgan fingerprint density at radius 2 is 2.23 bits per heavy atom.